The normalized spacial score (nSPS) is 19.0. The molecule has 1 atom stereocenters. The number of likely N-dealkylation sites (tertiary alicyclic amines) is 1. The average Bonchev–Trinajstić information content (AvgIpc) is 2.91. The van der Waals surface area contributed by atoms with Gasteiger partial charge in [-0.15, -0.1) is 0 Å². The lowest BCUT2D eigenvalue weighted by Crippen LogP contribution is -2.41. The van der Waals surface area contributed by atoms with Gasteiger partial charge in [0.25, 0.3) is 5.91 Å². The van der Waals surface area contributed by atoms with Crippen molar-refractivity contribution in [3.63, 3.8) is 0 Å². The number of hydrogen-bond acceptors (Lipinski definition) is 5. The molecule has 0 saturated carbocycles. The molecule has 0 aromatic heterocycles. The number of hydrogen-bond donors (Lipinski definition) is 2. The minimum Gasteiger partial charge on any atom is -0.507 e. The fraction of sp³-hybridized carbons (Fsp3) is 0.357. The zero-order valence-corrected chi connectivity index (χ0v) is 19.8. The Bertz CT molecular complexity index is 1210. The van der Waals surface area contributed by atoms with Crippen LogP contribution in [0.2, 0.25) is 0 Å². The zero-order valence-electron chi connectivity index (χ0n) is 19.8. The first-order valence-corrected chi connectivity index (χ1v) is 12.3. The van der Waals surface area contributed by atoms with Crippen molar-refractivity contribution in [3.8, 4) is 5.75 Å². The lowest BCUT2D eigenvalue weighted by Gasteiger charge is -2.33. The van der Waals surface area contributed by atoms with Crippen LogP contribution in [0.3, 0.4) is 0 Å². The molecule has 0 spiro atoms. The molecule has 0 bridgehead atoms. The second-order valence-corrected chi connectivity index (χ2v) is 9.31. The van der Waals surface area contributed by atoms with Gasteiger partial charge in [0.15, 0.2) is 0 Å². The van der Waals surface area contributed by atoms with Gasteiger partial charge in [0.1, 0.15) is 5.75 Å². The molecule has 7 nitrogen and oxygen atoms in total. The van der Waals surface area contributed by atoms with E-state index in [9.17, 15) is 14.7 Å². The topological polar surface area (TPSA) is 82.1 Å². The van der Waals surface area contributed by atoms with Crippen LogP contribution in [0.25, 0.3) is 10.8 Å². The number of aromatic hydroxyl groups is 1. The van der Waals surface area contributed by atoms with Crippen molar-refractivity contribution in [2.24, 2.45) is 5.92 Å². The number of phenols is 1. The van der Waals surface area contributed by atoms with Crippen LogP contribution in [-0.2, 0) is 16.1 Å². The lowest BCUT2D eigenvalue weighted by molar-refractivity contribution is -0.121. The maximum Gasteiger partial charge on any atom is 0.257 e. The predicted octanol–water partition coefficient (Wildman–Crippen LogP) is 3.87. The molecular weight excluding hydrogens is 442 g/mol. The van der Waals surface area contributed by atoms with Gasteiger partial charge < -0.3 is 20.1 Å². The number of phenolic OH excluding ortho intramolecular Hbond substituents is 1. The van der Waals surface area contributed by atoms with Crippen LogP contribution in [0.5, 0.6) is 5.75 Å². The Morgan fingerprint density at radius 1 is 1.00 bits per heavy atom. The number of ether oxygens (including phenoxy) is 1. The molecule has 2 amide bonds. The number of para-hydroxylation sites is 1. The summed E-state index contributed by atoms with van der Waals surface area (Å²) in [6.07, 6.45) is 1.73. The average molecular weight is 474 g/mol. The molecule has 3 aromatic rings. The van der Waals surface area contributed by atoms with Gasteiger partial charge in [0, 0.05) is 37.4 Å². The van der Waals surface area contributed by atoms with Gasteiger partial charge in [-0.3, -0.25) is 14.5 Å². The highest BCUT2D eigenvalue weighted by molar-refractivity contribution is 6.03. The molecule has 0 aliphatic carbocycles. The van der Waals surface area contributed by atoms with E-state index in [1.54, 1.807) is 11.0 Å². The molecule has 5 rings (SSSR count). The van der Waals surface area contributed by atoms with Crippen LogP contribution in [0.4, 0.5) is 5.69 Å². The summed E-state index contributed by atoms with van der Waals surface area (Å²) in [7, 11) is 0. The van der Waals surface area contributed by atoms with Crippen LogP contribution in [0.15, 0.2) is 60.7 Å². The molecule has 2 N–H and O–H groups in total. The largest absolute Gasteiger partial charge is 0.507 e. The van der Waals surface area contributed by atoms with Crippen LogP contribution in [0, 0.1) is 5.92 Å². The molecule has 2 fully saturated rings. The van der Waals surface area contributed by atoms with Crippen molar-refractivity contribution in [3.05, 3.63) is 71.8 Å². The molecule has 35 heavy (non-hydrogen) atoms. The number of fused-ring (bicyclic) bond motifs is 1. The van der Waals surface area contributed by atoms with Gasteiger partial charge in [-0.1, -0.05) is 42.5 Å². The SMILES string of the molecule is O=C(Nc1ccccc1)C1CCCN(Cc2c(O)c(C(=O)N3CCOCC3)cc3ccccc23)C1. The zero-order chi connectivity index (χ0) is 24.2. The van der Waals surface area contributed by atoms with Crippen molar-refractivity contribution in [1.82, 2.24) is 9.80 Å². The number of anilines is 1. The molecule has 3 aromatic carbocycles. The molecule has 0 radical (unpaired) electrons. The van der Waals surface area contributed by atoms with Crippen LogP contribution < -0.4 is 5.32 Å². The number of rotatable bonds is 5. The van der Waals surface area contributed by atoms with Crippen LogP contribution in [-0.4, -0.2) is 66.1 Å². The summed E-state index contributed by atoms with van der Waals surface area (Å²) in [5.41, 5.74) is 1.87. The highest BCUT2D eigenvalue weighted by Crippen LogP contribution is 2.34. The number of carbonyl (C=O) groups is 2. The molecule has 2 aliphatic heterocycles. The fourth-order valence-electron chi connectivity index (χ4n) is 5.07. The fourth-order valence-corrected chi connectivity index (χ4v) is 5.07. The molecule has 2 aliphatic rings. The number of nitrogens with zero attached hydrogens (tertiary/aromatic N) is 2. The number of morpholine rings is 1. The Hall–Kier alpha value is -3.42. The maximum absolute atomic E-state index is 13.3. The van der Waals surface area contributed by atoms with Crippen molar-refractivity contribution in [2.75, 3.05) is 44.7 Å². The summed E-state index contributed by atoms with van der Waals surface area (Å²) in [6.45, 7) is 3.97. The number of benzene rings is 3. The quantitative estimate of drug-likeness (QED) is 0.588. The third kappa shape index (κ3) is 5.16. The second-order valence-electron chi connectivity index (χ2n) is 9.31. The third-order valence-electron chi connectivity index (χ3n) is 6.95. The van der Waals surface area contributed by atoms with Gasteiger partial charge in [0.2, 0.25) is 5.91 Å². The first-order chi connectivity index (χ1) is 17.1. The molecule has 2 saturated heterocycles. The molecular formula is C28H31N3O4. The van der Waals surface area contributed by atoms with E-state index < -0.39 is 0 Å². The van der Waals surface area contributed by atoms with Gasteiger partial charge in [0.05, 0.1) is 24.7 Å². The van der Waals surface area contributed by atoms with E-state index in [2.05, 4.69) is 10.2 Å². The van der Waals surface area contributed by atoms with Crippen LogP contribution in [0.1, 0.15) is 28.8 Å². The van der Waals surface area contributed by atoms with E-state index >= 15 is 0 Å². The first-order valence-electron chi connectivity index (χ1n) is 12.3. The standard InChI is InChI=1S/C28H31N3O4/c32-26-24(28(34)31-13-15-35-16-14-31)17-20-7-4-5-11-23(20)25(26)19-30-12-6-8-21(18-30)27(33)29-22-9-2-1-3-10-22/h1-5,7,9-11,17,21,32H,6,8,12-16,18-19H2,(H,29,33). The summed E-state index contributed by atoms with van der Waals surface area (Å²) in [5.74, 6) is -0.241. The molecule has 7 heteroatoms. The van der Waals surface area contributed by atoms with Gasteiger partial charge >= 0.3 is 0 Å². The highest BCUT2D eigenvalue weighted by Gasteiger charge is 2.29. The Kier molecular flexibility index (Phi) is 6.97. The summed E-state index contributed by atoms with van der Waals surface area (Å²) < 4.78 is 5.38. The summed E-state index contributed by atoms with van der Waals surface area (Å²) in [6, 6.07) is 19.1. The predicted molar refractivity (Wildman–Crippen MR) is 135 cm³/mol. The van der Waals surface area contributed by atoms with Crippen molar-refractivity contribution in [1.29, 1.82) is 0 Å². The third-order valence-corrected chi connectivity index (χ3v) is 6.95. The number of carbonyl (C=O) groups excluding carboxylic acids is 2. The van der Waals surface area contributed by atoms with E-state index in [1.165, 1.54) is 0 Å². The van der Waals surface area contributed by atoms with Crippen molar-refractivity contribution < 1.29 is 19.4 Å². The minimum atomic E-state index is -0.170. The maximum atomic E-state index is 13.3. The number of nitrogens with one attached hydrogen (secondary N) is 1. The van der Waals surface area contributed by atoms with Gasteiger partial charge in [-0.05, 0) is 48.4 Å². The summed E-state index contributed by atoms with van der Waals surface area (Å²) >= 11 is 0. The minimum absolute atomic E-state index is 0.0197. The second kappa shape index (κ2) is 10.5. The number of amides is 2. The highest BCUT2D eigenvalue weighted by atomic mass is 16.5. The van der Waals surface area contributed by atoms with Gasteiger partial charge in [-0.2, -0.15) is 0 Å². The Morgan fingerprint density at radius 2 is 1.74 bits per heavy atom. The molecule has 182 valence electrons. The summed E-state index contributed by atoms with van der Waals surface area (Å²) in [5, 5.41) is 16.2. The van der Waals surface area contributed by atoms with E-state index in [4.69, 9.17) is 4.74 Å². The van der Waals surface area contributed by atoms with Crippen molar-refractivity contribution >= 4 is 28.3 Å². The smallest absolute Gasteiger partial charge is 0.257 e. The Balaban J connectivity index is 1.38. The van der Waals surface area contributed by atoms with Crippen LogP contribution >= 0.6 is 0 Å². The molecule has 1 unspecified atom stereocenters. The Morgan fingerprint density at radius 3 is 2.54 bits per heavy atom. The van der Waals surface area contributed by atoms with E-state index in [1.807, 2.05) is 54.6 Å². The molecule has 2 heterocycles. The van der Waals surface area contributed by atoms with Gasteiger partial charge in [-0.25, -0.2) is 0 Å². The van der Waals surface area contributed by atoms with E-state index in [-0.39, 0.29) is 23.5 Å². The van der Waals surface area contributed by atoms with Crippen molar-refractivity contribution in [2.45, 2.75) is 19.4 Å². The Labute approximate surface area is 205 Å². The van der Waals surface area contributed by atoms with E-state index in [0.717, 1.165) is 41.4 Å². The summed E-state index contributed by atoms with van der Waals surface area (Å²) in [4.78, 5) is 30.1. The van der Waals surface area contributed by atoms with E-state index in [0.29, 0.717) is 45.0 Å². The monoisotopic (exact) mass is 473 g/mol. The first kappa shape index (κ1) is 23.3. The number of piperidine rings is 1. The lowest BCUT2D eigenvalue weighted by atomic mass is 9.94.